The van der Waals surface area contributed by atoms with Crippen molar-refractivity contribution < 1.29 is 9.59 Å². The zero-order chi connectivity index (χ0) is 12.7. The molecule has 0 saturated carbocycles. The van der Waals surface area contributed by atoms with Crippen LogP contribution in [0.15, 0.2) is 30.3 Å². The van der Waals surface area contributed by atoms with E-state index in [2.05, 4.69) is 5.32 Å². The molecular formula is C13H18N2O2. The van der Waals surface area contributed by atoms with Crippen LogP contribution in [0.1, 0.15) is 24.2 Å². The first-order valence-corrected chi connectivity index (χ1v) is 5.74. The van der Waals surface area contributed by atoms with Crippen molar-refractivity contribution in [3.63, 3.8) is 0 Å². The largest absolute Gasteiger partial charge is 0.355 e. The molecule has 0 unspecified atom stereocenters. The van der Waals surface area contributed by atoms with Gasteiger partial charge in [0.05, 0.1) is 0 Å². The number of likely N-dealkylation sites (N-methyl/N-ethyl adjacent to an activating group) is 1. The normalized spacial score (nSPS) is 9.76. The molecule has 2 amide bonds. The molecule has 4 heteroatoms. The van der Waals surface area contributed by atoms with Gasteiger partial charge < -0.3 is 10.2 Å². The van der Waals surface area contributed by atoms with Gasteiger partial charge in [0.15, 0.2) is 0 Å². The maximum atomic E-state index is 12.1. The molecule has 0 heterocycles. The highest BCUT2D eigenvalue weighted by molar-refractivity contribution is 5.94. The molecule has 0 aliphatic carbocycles. The Morgan fingerprint density at radius 3 is 2.41 bits per heavy atom. The second-order valence-electron chi connectivity index (χ2n) is 3.73. The Bertz CT molecular complexity index is 376. The molecular weight excluding hydrogens is 216 g/mol. The van der Waals surface area contributed by atoms with Crippen molar-refractivity contribution in [1.82, 2.24) is 10.2 Å². The van der Waals surface area contributed by atoms with Crippen molar-refractivity contribution in [2.45, 2.75) is 13.8 Å². The van der Waals surface area contributed by atoms with Gasteiger partial charge in [-0.3, -0.25) is 9.59 Å². The van der Waals surface area contributed by atoms with Gasteiger partial charge in [-0.25, -0.2) is 0 Å². The topological polar surface area (TPSA) is 49.4 Å². The van der Waals surface area contributed by atoms with E-state index < -0.39 is 0 Å². The number of amides is 2. The first-order valence-electron chi connectivity index (χ1n) is 5.74. The van der Waals surface area contributed by atoms with E-state index in [-0.39, 0.29) is 11.8 Å². The molecule has 0 aromatic heterocycles. The molecule has 0 aliphatic rings. The smallest absolute Gasteiger partial charge is 0.253 e. The Labute approximate surface area is 102 Å². The van der Waals surface area contributed by atoms with Crippen LogP contribution in [0.4, 0.5) is 0 Å². The summed E-state index contributed by atoms with van der Waals surface area (Å²) in [6.45, 7) is 5.04. The summed E-state index contributed by atoms with van der Waals surface area (Å²) in [4.78, 5) is 24.5. The van der Waals surface area contributed by atoms with Gasteiger partial charge in [-0.1, -0.05) is 18.2 Å². The van der Waals surface area contributed by atoms with Crippen LogP contribution in [0.5, 0.6) is 0 Å². The summed E-state index contributed by atoms with van der Waals surface area (Å²) in [5.41, 5.74) is 0.678. The molecule has 4 nitrogen and oxygen atoms in total. The molecule has 0 saturated heterocycles. The van der Waals surface area contributed by atoms with Crippen LogP contribution in [0.2, 0.25) is 0 Å². The van der Waals surface area contributed by atoms with E-state index in [0.717, 1.165) is 0 Å². The summed E-state index contributed by atoms with van der Waals surface area (Å²) in [6, 6.07) is 9.15. The maximum absolute atomic E-state index is 12.1. The van der Waals surface area contributed by atoms with Gasteiger partial charge in [-0.05, 0) is 19.1 Å². The second-order valence-corrected chi connectivity index (χ2v) is 3.73. The molecule has 0 aliphatic heterocycles. The van der Waals surface area contributed by atoms with Crippen molar-refractivity contribution >= 4 is 11.8 Å². The van der Waals surface area contributed by atoms with Crippen LogP contribution in [0.3, 0.4) is 0 Å². The number of benzene rings is 1. The van der Waals surface area contributed by atoms with Crippen LogP contribution in [-0.2, 0) is 4.79 Å². The third-order valence-electron chi connectivity index (χ3n) is 2.45. The van der Waals surface area contributed by atoms with Gasteiger partial charge in [-0.2, -0.15) is 0 Å². The van der Waals surface area contributed by atoms with E-state index in [4.69, 9.17) is 0 Å². The van der Waals surface area contributed by atoms with E-state index in [1.165, 1.54) is 6.92 Å². The van der Waals surface area contributed by atoms with Gasteiger partial charge in [0.25, 0.3) is 5.91 Å². The van der Waals surface area contributed by atoms with Crippen LogP contribution in [0, 0.1) is 0 Å². The van der Waals surface area contributed by atoms with Gasteiger partial charge in [0, 0.05) is 32.1 Å². The Balaban J connectivity index is 2.56. The van der Waals surface area contributed by atoms with Crippen LogP contribution in [-0.4, -0.2) is 36.3 Å². The fourth-order valence-corrected chi connectivity index (χ4v) is 1.53. The number of rotatable bonds is 5. The number of carbonyl (C=O) groups excluding carboxylic acids is 2. The molecule has 1 aromatic rings. The van der Waals surface area contributed by atoms with Crippen molar-refractivity contribution in [2.24, 2.45) is 0 Å². The van der Waals surface area contributed by atoms with Crippen molar-refractivity contribution in [3.8, 4) is 0 Å². The summed E-state index contributed by atoms with van der Waals surface area (Å²) in [7, 11) is 0. The monoisotopic (exact) mass is 234 g/mol. The van der Waals surface area contributed by atoms with Crippen molar-refractivity contribution in [1.29, 1.82) is 0 Å². The van der Waals surface area contributed by atoms with Crippen LogP contribution >= 0.6 is 0 Å². The van der Waals surface area contributed by atoms with E-state index in [9.17, 15) is 9.59 Å². The van der Waals surface area contributed by atoms with Crippen LogP contribution in [0.25, 0.3) is 0 Å². The molecule has 0 atom stereocenters. The number of hydrogen-bond donors (Lipinski definition) is 1. The van der Waals surface area contributed by atoms with E-state index in [1.807, 2.05) is 25.1 Å². The highest BCUT2D eigenvalue weighted by Gasteiger charge is 2.12. The molecule has 1 aromatic carbocycles. The first-order chi connectivity index (χ1) is 8.15. The lowest BCUT2D eigenvalue weighted by Crippen LogP contribution is -2.37. The van der Waals surface area contributed by atoms with Crippen molar-refractivity contribution in [3.05, 3.63) is 35.9 Å². The Hall–Kier alpha value is -1.84. The third-order valence-corrected chi connectivity index (χ3v) is 2.45. The number of nitrogens with zero attached hydrogens (tertiary/aromatic N) is 1. The number of nitrogens with one attached hydrogen (secondary N) is 1. The quantitative estimate of drug-likeness (QED) is 0.834. The molecule has 0 fully saturated rings. The van der Waals surface area contributed by atoms with E-state index >= 15 is 0 Å². The van der Waals surface area contributed by atoms with Gasteiger partial charge in [-0.15, -0.1) is 0 Å². The SMILES string of the molecule is CCN(CCNC(C)=O)C(=O)c1ccccc1. The molecule has 0 bridgehead atoms. The summed E-state index contributed by atoms with van der Waals surface area (Å²) in [6.07, 6.45) is 0. The molecule has 0 spiro atoms. The number of carbonyl (C=O) groups is 2. The summed E-state index contributed by atoms with van der Waals surface area (Å²) < 4.78 is 0. The molecule has 92 valence electrons. The Morgan fingerprint density at radius 1 is 1.24 bits per heavy atom. The van der Waals surface area contributed by atoms with Gasteiger partial charge in [0.2, 0.25) is 5.91 Å². The third kappa shape index (κ3) is 4.26. The lowest BCUT2D eigenvalue weighted by atomic mass is 10.2. The minimum atomic E-state index is -0.0757. The maximum Gasteiger partial charge on any atom is 0.253 e. The van der Waals surface area contributed by atoms with E-state index in [0.29, 0.717) is 25.2 Å². The van der Waals surface area contributed by atoms with E-state index in [1.54, 1.807) is 17.0 Å². The van der Waals surface area contributed by atoms with Gasteiger partial charge in [0.1, 0.15) is 0 Å². The average molecular weight is 234 g/mol. The predicted octanol–water partition coefficient (Wildman–Crippen LogP) is 1.28. The van der Waals surface area contributed by atoms with Crippen LogP contribution < -0.4 is 5.32 Å². The number of hydrogen-bond acceptors (Lipinski definition) is 2. The summed E-state index contributed by atoms with van der Waals surface area (Å²) in [5.74, 6) is -0.0772. The first kappa shape index (κ1) is 13.2. The molecule has 1 rings (SSSR count). The molecule has 17 heavy (non-hydrogen) atoms. The minimum Gasteiger partial charge on any atom is -0.355 e. The van der Waals surface area contributed by atoms with Gasteiger partial charge >= 0.3 is 0 Å². The average Bonchev–Trinajstić information content (AvgIpc) is 2.34. The zero-order valence-electron chi connectivity index (χ0n) is 10.3. The standard InChI is InChI=1S/C13H18N2O2/c1-3-15(10-9-14-11(2)16)13(17)12-7-5-4-6-8-12/h4-8H,3,9-10H2,1-2H3,(H,14,16). The Morgan fingerprint density at radius 2 is 1.88 bits per heavy atom. The fourth-order valence-electron chi connectivity index (χ4n) is 1.53. The lowest BCUT2D eigenvalue weighted by molar-refractivity contribution is -0.119. The molecule has 1 N–H and O–H groups in total. The highest BCUT2D eigenvalue weighted by atomic mass is 16.2. The zero-order valence-corrected chi connectivity index (χ0v) is 10.3. The summed E-state index contributed by atoms with van der Waals surface area (Å²) >= 11 is 0. The van der Waals surface area contributed by atoms with Crippen molar-refractivity contribution in [2.75, 3.05) is 19.6 Å². The lowest BCUT2D eigenvalue weighted by Gasteiger charge is -2.20. The predicted molar refractivity (Wildman–Crippen MR) is 66.7 cm³/mol. The Kier molecular flexibility index (Phi) is 5.20. The second kappa shape index (κ2) is 6.68. The minimum absolute atomic E-state index is 0.00143. The highest BCUT2D eigenvalue weighted by Crippen LogP contribution is 2.03. The fraction of sp³-hybridized carbons (Fsp3) is 0.385. The summed E-state index contributed by atoms with van der Waals surface area (Å²) in [5, 5.41) is 2.68. The molecule has 0 radical (unpaired) electrons.